The van der Waals surface area contributed by atoms with Crippen LogP contribution < -0.4 is 5.69 Å². The Balaban J connectivity index is 1.90. The summed E-state index contributed by atoms with van der Waals surface area (Å²) in [4.78, 5) is 16.8. The zero-order valence-corrected chi connectivity index (χ0v) is 12.3. The average Bonchev–Trinajstić information content (AvgIpc) is 2.76. The Hall–Kier alpha value is -1.76. The van der Waals surface area contributed by atoms with Gasteiger partial charge in [0.1, 0.15) is 0 Å². The minimum absolute atomic E-state index is 0.243. The number of fused-ring (bicyclic) bond motifs is 1. The molecular weight excluding hydrogens is 295 g/mol. The number of hydrogen-bond donors (Lipinski definition) is 1. The van der Waals surface area contributed by atoms with Crippen LogP contribution in [0.1, 0.15) is 18.4 Å². The van der Waals surface area contributed by atoms with Gasteiger partial charge in [0.05, 0.1) is 16.6 Å². The van der Waals surface area contributed by atoms with E-state index in [-0.39, 0.29) is 11.2 Å². The van der Waals surface area contributed by atoms with Gasteiger partial charge in [-0.1, -0.05) is 0 Å². The van der Waals surface area contributed by atoms with Crippen molar-refractivity contribution in [2.24, 2.45) is 5.92 Å². The zero-order chi connectivity index (χ0) is 15.9. The molecule has 0 spiro atoms. The lowest BCUT2D eigenvalue weighted by molar-refractivity contribution is -0.137. The monoisotopic (exact) mass is 313 g/mol. The summed E-state index contributed by atoms with van der Waals surface area (Å²) in [5.74, 6) is 0.384. The van der Waals surface area contributed by atoms with E-state index in [1.807, 2.05) is 0 Å². The van der Waals surface area contributed by atoms with E-state index in [1.165, 1.54) is 6.07 Å². The number of halogens is 3. The number of piperidine rings is 1. The number of nitrogens with one attached hydrogen (secondary N) is 1. The van der Waals surface area contributed by atoms with E-state index in [0.717, 1.165) is 38.1 Å². The molecule has 3 rings (SSSR count). The number of alkyl halides is 3. The molecule has 0 radical (unpaired) electrons. The zero-order valence-electron chi connectivity index (χ0n) is 12.3. The van der Waals surface area contributed by atoms with Gasteiger partial charge in [0, 0.05) is 6.54 Å². The van der Waals surface area contributed by atoms with E-state index in [0.29, 0.717) is 18.0 Å². The largest absolute Gasteiger partial charge is 0.416 e. The van der Waals surface area contributed by atoms with Gasteiger partial charge in [-0.05, 0) is 57.1 Å². The molecule has 1 aromatic carbocycles. The maximum absolute atomic E-state index is 12.7. The Morgan fingerprint density at radius 2 is 1.95 bits per heavy atom. The highest BCUT2D eigenvalue weighted by Gasteiger charge is 2.31. The molecule has 0 atom stereocenters. The highest BCUT2D eigenvalue weighted by atomic mass is 19.4. The number of aromatic nitrogens is 2. The predicted molar refractivity (Wildman–Crippen MR) is 77.8 cm³/mol. The van der Waals surface area contributed by atoms with Crippen LogP contribution in [0.2, 0.25) is 0 Å². The summed E-state index contributed by atoms with van der Waals surface area (Å²) in [7, 11) is 2.06. The van der Waals surface area contributed by atoms with E-state index in [2.05, 4.69) is 16.9 Å². The molecular formula is C15H18F3N3O. The summed E-state index contributed by atoms with van der Waals surface area (Å²) in [6.45, 7) is 2.53. The normalized spacial score (nSPS) is 18.2. The molecule has 7 heteroatoms. The SMILES string of the molecule is CN1CCC(Cn2c(=O)[nH]c3cc(C(F)(F)F)ccc32)CC1. The molecule has 0 aliphatic carbocycles. The van der Waals surface area contributed by atoms with E-state index in [4.69, 9.17) is 0 Å². The summed E-state index contributed by atoms with van der Waals surface area (Å²) in [6.07, 6.45) is -2.41. The van der Waals surface area contributed by atoms with Crippen molar-refractivity contribution in [3.8, 4) is 0 Å². The number of nitrogens with zero attached hydrogens (tertiary/aromatic N) is 2. The van der Waals surface area contributed by atoms with E-state index < -0.39 is 11.7 Å². The van der Waals surface area contributed by atoms with Crippen LogP contribution in [0.15, 0.2) is 23.0 Å². The lowest BCUT2D eigenvalue weighted by atomic mass is 9.97. The third-order valence-corrected chi connectivity index (χ3v) is 4.38. The van der Waals surface area contributed by atoms with Gasteiger partial charge < -0.3 is 9.88 Å². The van der Waals surface area contributed by atoms with Gasteiger partial charge in [-0.2, -0.15) is 13.2 Å². The molecule has 1 aromatic heterocycles. The molecule has 0 bridgehead atoms. The van der Waals surface area contributed by atoms with E-state index >= 15 is 0 Å². The molecule has 0 saturated carbocycles. The van der Waals surface area contributed by atoms with Crippen LogP contribution in [-0.2, 0) is 12.7 Å². The fraction of sp³-hybridized carbons (Fsp3) is 0.533. The number of benzene rings is 1. The lowest BCUT2D eigenvalue weighted by Gasteiger charge is -2.29. The van der Waals surface area contributed by atoms with Crippen molar-refractivity contribution < 1.29 is 13.2 Å². The van der Waals surface area contributed by atoms with Gasteiger partial charge in [0.15, 0.2) is 0 Å². The maximum Gasteiger partial charge on any atom is 0.416 e. The molecule has 120 valence electrons. The van der Waals surface area contributed by atoms with E-state index in [1.54, 1.807) is 4.57 Å². The number of hydrogen-bond acceptors (Lipinski definition) is 2. The average molecular weight is 313 g/mol. The lowest BCUT2D eigenvalue weighted by Crippen LogP contribution is -2.33. The molecule has 0 amide bonds. The van der Waals surface area contributed by atoms with Crippen LogP contribution in [0, 0.1) is 5.92 Å². The van der Waals surface area contributed by atoms with Crippen LogP contribution in [0.4, 0.5) is 13.2 Å². The second kappa shape index (κ2) is 5.46. The van der Waals surface area contributed by atoms with Crippen LogP contribution in [-0.4, -0.2) is 34.6 Å². The van der Waals surface area contributed by atoms with Crippen LogP contribution >= 0.6 is 0 Å². The fourth-order valence-electron chi connectivity index (χ4n) is 3.02. The molecule has 1 aliphatic heterocycles. The Morgan fingerprint density at radius 1 is 1.27 bits per heavy atom. The van der Waals surface area contributed by atoms with E-state index in [9.17, 15) is 18.0 Å². The summed E-state index contributed by atoms with van der Waals surface area (Å²) in [5.41, 5.74) is -0.300. The summed E-state index contributed by atoms with van der Waals surface area (Å²) < 4.78 is 39.7. The van der Waals surface area contributed by atoms with Crippen molar-refractivity contribution in [3.63, 3.8) is 0 Å². The molecule has 2 aromatic rings. The minimum Gasteiger partial charge on any atom is -0.306 e. The molecule has 22 heavy (non-hydrogen) atoms. The topological polar surface area (TPSA) is 41.0 Å². The van der Waals surface area contributed by atoms with Crippen molar-refractivity contribution in [2.45, 2.75) is 25.6 Å². The number of H-pyrrole nitrogens is 1. The van der Waals surface area contributed by atoms with Crippen molar-refractivity contribution in [1.29, 1.82) is 0 Å². The number of aromatic amines is 1. The number of rotatable bonds is 2. The highest BCUT2D eigenvalue weighted by molar-refractivity contribution is 5.76. The van der Waals surface area contributed by atoms with Gasteiger partial charge in [-0.3, -0.25) is 4.57 Å². The molecule has 4 nitrogen and oxygen atoms in total. The van der Waals surface area contributed by atoms with Crippen molar-refractivity contribution >= 4 is 11.0 Å². The first kappa shape index (κ1) is 15.1. The predicted octanol–water partition coefficient (Wildman–Crippen LogP) is 2.69. The van der Waals surface area contributed by atoms with Crippen molar-refractivity contribution in [2.75, 3.05) is 20.1 Å². The Bertz CT molecular complexity index is 724. The second-order valence-corrected chi connectivity index (χ2v) is 6.02. The number of likely N-dealkylation sites (tertiary alicyclic amines) is 1. The Kier molecular flexibility index (Phi) is 3.76. The first-order valence-corrected chi connectivity index (χ1v) is 7.33. The molecule has 1 aliphatic rings. The first-order chi connectivity index (χ1) is 10.3. The second-order valence-electron chi connectivity index (χ2n) is 6.02. The Morgan fingerprint density at radius 3 is 2.59 bits per heavy atom. The molecule has 1 N–H and O–H groups in total. The maximum atomic E-state index is 12.7. The summed E-state index contributed by atoms with van der Waals surface area (Å²) in [5, 5.41) is 0. The van der Waals surface area contributed by atoms with Crippen molar-refractivity contribution in [1.82, 2.24) is 14.5 Å². The molecule has 2 heterocycles. The highest BCUT2D eigenvalue weighted by Crippen LogP contribution is 2.31. The van der Waals surface area contributed by atoms with Crippen molar-refractivity contribution in [3.05, 3.63) is 34.2 Å². The minimum atomic E-state index is -4.40. The van der Waals surface area contributed by atoms with Gasteiger partial charge in [0.2, 0.25) is 0 Å². The standard InChI is InChI=1S/C15H18F3N3O/c1-20-6-4-10(5-7-20)9-21-13-3-2-11(15(16,17)18)8-12(13)19-14(21)22/h2-3,8,10H,4-7,9H2,1H3,(H,19,22). The first-order valence-electron chi connectivity index (χ1n) is 7.33. The van der Waals surface area contributed by atoms with Gasteiger partial charge in [-0.15, -0.1) is 0 Å². The quantitative estimate of drug-likeness (QED) is 0.926. The van der Waals surface area contributed by atoms with Gasteiger partial charge >= 0.3 is 11.9 Å². The molecule has 0 unspecified atom stereocenters. The van der Waals surface area contributed by atoms with Crippen LogP contribution in [0.5, 0.6) is 0 Å². The molecule has 1 saturated heterocycles. The Labute approximate surface area is 125 Å². The molecule has 1 fully saturated rings. The third kappa shape index (κ3) is 2.90. The van der Waals surface area contributed by atoms with Gasteiger partial charge in [-0.25, -0.2) is 4.79 Å². The summed E-state index contributed by atoms with van der Waals surface area (Å²) >= 11 is 0. The number of imidazole rings is 1. The fourth-order valence-corrected chi connectivity index (χ4v) is 3.02. The summed E-state index contributed by atoms with van der Waals surface area (Å²) in [6, 6.07) is 3.41. The van der Waals surface area contributed by atoms with Crippen LogP contribution in [0.25, 0.3) is 11.0 Å². The smallest absolute Gasteiger partial charge is 0.306 e. The third-order valence-electron chi connectivity index (χ3n) is 4.38. The van der Waals surface area contributed by atoms with Gasteiger partial charge in [0.25, 0.3) is 0 Å². The van der Waals surface area contributed by atoms with Crippen LogP contribution in [0.3, 0.4) is 0 Å².